The summed E-state index contributed by atoms with van der Waals surface area (Å²) in [6, 6.07) is -0.407. The van der Waals surface area contributed by atoms with E-state index in [2.05, 4.69) is 15.6 Å². The molecular weight excluding hydrogens is 232 g/mol. The number of hydrogen-bond acceptors (Lipinski definition) is 4. The van der Waals surface area contributed by atoms with Gasteiger partial charge in [0.05, 0.1) is 5.69 Å². The molecule has 0 aliphatic carbocycles. The Balaban J connectivity index is 2.68. The maximum atomic E-state index is 12.0. The molecule has 1 unspecified atom stereocenters. The normalized spacial score (nSPS) is 13.4. The van der Waals surface area contributed by atoms with Crippen LogP contribution in [-0.2, 0) is 11.2 Å². The molecule has 18 heavy (non-hydrogen) atoms. The molecule has 0 saturated carbocycles. The van der Waals surface area contributed by atoms with Gasteiger partial charge in [0.25, 0.3) is 0 Å². The van der Waals surface area contributed by atoms with Crippen molar-refractivity contribution in [2.75, 3.05) is 6.61 Å². The van der Waals surface area contributed by atoms with Crippen LogP contribution in [0.5, 0.6) is 0 Å². The van der Waals surface area contributed by atoms with E-state index in [0.29, 0.717) is 12.1 Å². The van der Waals surface area contributed by atoms with Crippen LogP contribution in [0.2, 0.25) is 0 Å². The van der Waals surface area contributed by atoms with Crippen molar-refractivity contribution in [3.8, 4) is 0 Å². The summed E-state index contributed by atoms with van der Waals surface area (Å²) >= 11 is 0. The molecule has 6 heteroatoms. The number of aliphatic hydroxyl groups excluding tert-OH is 1. The molecule has 0 spiro atoms. The Hall–Kier alpha value is -1.43. The standard InChI is InChI=1S/C12H22N4O2/c1-5-12(3,4)13-11(18)9(2)16-8-10(6-7-17)14-15-16/h8-9,17H,5-7H2,1-4H3,(H,13,18). The van der Waals surface area contributed by atoms with Gasteiger partial charge in [0.15, 0.2) is 0 Å². The van der Waals surface area contributed by atoms with Crippen LogP contribution < -0.4 is 5.32 Å². The molecule has 1 amide bonds. The van der Waals surface area contributed by atoms with Crippen molar-refractivity contribution in [2.45, 2.75) is 52.1 Å². The number of nitrogens with one attached hydrogen (secondary N) is 1. The fourth-order valence-electron chi connectivity index (χ4n) is 1.38. The second kappa shape index (κ2) is 5.95. The third-order valence-corrected chi connectivity index (χ3v) is 3.05. The fraction of sp³-hybridized carbons (Fsp3) is 0.750. The summed E-state index contributed by atoms with van der Waals surface area (Å²) in [5.41, 5.74) is 0.465. The number of nitrogens with zero attached hydrogens (tertiary/aromatic N) is 3. The quantitative estimate of drug-likeness (QED) is 0.782. The molecule has 1 aromatic heterocycles. The van der Waals surface area contributed by atoms with Gasteiger partial charge in [0.1, 0.15) is 6.04 Å². The predicted molar refractivity (Wildman–Crippen MR) is 68.0 cm³/mol. The van der Waals surface area contributed by atoms with E-state index in [9.17, 15) is 4.79 Å². The zero-order valence-electron chi connectivity index (χ0n) is 11.5. The third-order valence-electron chi connectivity index (χ3n) is 3.05. The van der Waals surface area contributed by atoms with Crippen LogP contribution in [0.4, 0.5) is 0 Å². The average Bonchev–Trinajstić information content (AvgIpc) is 2.76. The Kier molecular flexibility index (Phi) is 4.84. The van der Waals surface area contributed by atoms with Crippen LogP contribution in [-0.4, -0.2) is 38.2 Å². The van der Waals surface area contributed by atoms with Gasteiger partial charge in [0.2, 0.25) is 5.91 Å². The first-order valence-corrected chi connectivity index (χ1v) is 6.23. The van der Waals surface area contributed by atoms with Crippen LogP contribution in [0, 0.1) is 0 Å². The van der Waals surface area contributed by atoms with Crippen molar-refractivity contribution in [1.82, 2.24) is 20.3 Å². The van der Waals surface area contributed by atoms with Crippen molar-refractivity contribution in [2.24, 2.45) is 0 Å². The van der Waals surface area contributed by atoms with Gasteiger partial charge < -0.3 is 10.4 Å². The number of carbonyl (C=O) groups is 1. The number of aliphatic hydroxyl groups is 1. The van der Waals surface area contributed by atoms with Gasteiger partial charge in [-0.15, -0.1) is 5.10 Å². The van der Waals surface area contributed by atoms with E-state index >= 15 is 0 Å². The van der Waals surface area contributed by atoms with Gasteiger partial charge in [-0.05, 0) is 27.2 Å². The molecule has 1 heterocycles. The minimum absolute atomic E-state index is 0.0299. The Morgan fingerprint density at radius 2 is 2.28 bits per heavy atom. The molecule has 0 saturated heterocycles. The largest absolute Gasteiger partial charge is 0.396 e. The molecular formula is C12H22N4O2. The second-order valence-electron chi connectivity index (χ2n) is 5.07. The van der Waals surface area contributed by atoms with E-state index in [0.717, 1.165) is 6.42 Å². The smallest absolute Gasteiger partial charge is 0.245 e. The van der Waals surface area contributed by atoms with Gasteiger partial charge in [-0.3, -0.25) is 4.79 Å². The summed E-state index contributed by atoms with van der Waals surface area (Å²) in [6.07, 6.45) is 3.01. The van der Waals surface area contributed by atoms with Crippen molar-refractivity contribution >= 4 is 5.91 Å². The van der Waals surface area contributed by atoms with E-state index in [4.69, 9.17) is 5.11 Å². The zero-order chi connectivity index (χ0) is 13.8. The van der Waals surface area contributed by atoms with E-state index in [1.165, 1.54) is 4.68 Å². The molecule has 0 aromatic carbocycles. The summed E-state index contributed by atoms with van der Waals surface area (Å²) in [5.74, 6) is -0.0812. The highest BCUT2D eigenvalue weighted by molar-refractivity contribution is 5.80. The lowest BCUT2D eigenvalue weighted by Crippen LogP contribution is -2.45. The lowest BCUT2D eigenvalue weighted by atomic mass is 10.0. The number of hydrogen-bond donors (Lipinski definition) is 2. The SMILES string of the molecule is CCC(C)(C)NC(=O)C(C)n1cc(CCO)nn1. The van der Waals surface area contributed by atoms with Crippen LogP contribution in [0.25, 0.3) is 0 Å². The summed E-state index contributed by atoms with van der Waals surface area (Å²) in [4.78, 5) is 12.0. The number of amides is 1. The van der Waals surface area contributed by atoms with Crippen molar-refractivity contribution in [1.29, 1.82) is 0 Å². The van der Waals surface area contributed by atoms with Gasteiger partial charge in [0, 0.05) is 24.8 Å². The fourth-order valence-corrected chi connectivity index (χ4v) is 1.38. The Morgan fingerprint density at radius 3 is 2.83 bits per heavy atom. The molecule has 0 aliphatic heterocycles. The molecule has 1 rings (SSSR count). The van der Waals surface area contributed by atoms with Gasteiger partial charge in [-0.1, -0.05) is 12.1 Å². The molecule has 2 N–H and O–H groups in total. The molecule has 6 nitrogen and oxygen atoms in total. The van der Waals surface area contributed by atoms with Gasteiger partial charge >= 0.3 is 0 Å². The minimum Gasteiger partial charge on any atom is -0.396 e. The molecule has 1 atom stereocenters. The second-order valence-corrected chi connectivity index (χ2v) is 5.07. The molecule has 0 fully saturated rings. The summed E-state index contributed by atoms with van der Waals surface area (Å²) in [5, 5.41) is 19.6. The topological polar surface area (TPSA) is 80.0 Å². The van der Waals surface area contributed by atoms with Gasteiger partial charge in [-0.2, -0.15) is 0 Å². The molecule has 102 valence electrons. The molecule has 0 aliphatic rings. The highest BCUT2D eigenvalue weighted by atomic mass is 16.3. The number of rotatable bonds is 6. The minimum atomic E-state index is -0.407. The Morgan fingerprint density at radius 1 is 1.61 bits per heavy atom. The van der Waals surface area contributed by atoms with Crippen LogP contribution in [0.3, 0.4) is 0 Å². The Bertz CT molecular complexity index is 401. The number of carbonyl (C=O) groups excluding carboxylic acids is 1. The summed E-state index contributed by atoms with van der Waals surface area (Å²) in [7, 11) is 0. The highest BCUT2D eigenvalue weighted by Crippen LogP contribution is 2.11. The lowest BCUT2D eigenvalue weighted by molar-refractivity contribution is -0.125. The lowest BCUT2D eigenvalue weighted by Gasteiger charge is -2.26. The van der Waals surface area contributed by atoms with E-state index < -0.39 is 6.04 Å². The first kappa shape index (κ1) is 14.6. The van der Waals surface area contributed by atoms with Crippen molar-refractivity contribution in [3.05, 3.63) is 11.9 Å². The molecule has 0 radical (unpaired) electrons. The van der Waals surface area contributed by atoms with Crippen LogP contribution in [0.15, 0.2) is 6.20 Å². The van der Waals surface area contributed by atoms with E-state index in [-0.39, 0.29) is 18.1 Å². The van der Waals surface area contributed by atoms with Crippen LogP contribution >= 0.6 is 0 Å². The zero-order valence-corrected chi connectivity index (χ0v) is 11.5. The number of aromatic nitrogens is 3. The average molecular weight is 254 g/mol. The van der Waals surface area contributed by atoms with Crippen molar-refractivity contribution in [3.63, 3.8) is 0 Å². The van der Waals surface area contributed by atoms with E-state index in [1.807, 2.05) is 20.8 Å². The Labute approximate surface area is 107 Å². The van der Waals surface area contributed by atoms with Gasteiger partial charge in [-0.25, -0.2) is 4.68 Å². The summed E-state index contributed by atoms with van der Waals surface area (Å²) in [6.45, 7) is 7.80. The first-order chi connectivity index (χ1) is 8.39. The molecule has 1 aromatic rings. The molecule has 0 bridgehead atoms. The van der Waals surface area contributed by atoms with Crippen LogP contribution in [0.1, 0.15) is 45.9 Å². The highest BCUT2D eigenvalue weighted by Gasteiger charge is 2.23. The maximum absolute atomic E-state index is 12.0. The van der Waals surface area contributed by atoms with E-state index in [1.54, 1.807) is 13.1 Å². The third kappa shape index (κ3) is 3.80. The first-order valence-electron chi connectivity index (χ1n) is 6.23. The monoisotopic (exact) mass is 254 g/mol. The maximum Gasteiger partial charge on any atom is 0.245 e. The summed E-state index contributed by atoms with van der Waals surface area (Å²) < 4.78 is 1.52. The van der Waals surface area contributed by atoms with Crippen molar-refractivity contribution < 1.29 is 9.90 Å². The predicted octanol–water partition coefficient (Wildman–Crippen LogP) is 0.679.